The lowest BCUT2D eigenvalue weighted by Gasteiger charge is -2.18. The number of rotatable bonds is 62. The zero-order valence-electron chi connectivity index (χ0n) is 52.4. The van der Waals surface area contributed by atoms with Crippen LogP contribution in [0.4, 0.5) is 0 Å². The van der Waals surface area contributed by atoms with Crippen LogP contribution in [0.1, 0.15) is 342 Å². The topological polar surface area (TPSA) is 78.9 Å². The number of esters is 3. The zero-order chi connectivity index (χ0) is 57.1. The van der Waals surface area contributed by atoms with Crippen LogP contribution in [0, 0.1) is 0 Å². The predicted molar refractivity (Wildman–Crippen MR) is 344 cm³/mol. The number of hydrogen-bond donors (Lipinski definition) is 0. The monoisotopic (exact) mass is 1100 g/mol. The molecule has 0 rings (SSSR count). The Kier molecular flexibility index (Phi) is 64.2. The fourth-order valence-corrected chi connectivity index (χ4v) is 9.80. The molecule has 6 nitrogen and oxygen atoms in total. The fourth-order valence-electron chi connectivity index (χ4n) is 9.80. The van der Waals surface area contributed by atoms with Crippen molar-refractivity contribution in [2.75, 3.05) is 13.2 Å². The molecule has 0 bridgehead atoms. The van der Waals surface area contributed by atoms with Gasteiger partial charge in [0.1, 0.15) is 13.2 Å². The van der Waals surface area contributed by atoms with Crippen LogP contribution in [0.25, 0.3) is 0 Å². The Balaban J connectivity index is 4.19. The second kappa shape index (κ2) is 67.1. The summed E-state index contributed by atoms with van der Waals surface area (Å²) in [5.41, 5.74) is 0. The number of allylic oxidation sites excluding steroid dienone is 14. The number of ether oxygens (including phenoxy) is 3. The molecule has 0 aliphatic heterocycles. The van der Waals surface area contributed by atoms with E-state index in [4.69, 9.17) is 14.2 Å². The second-order valence-electron chi connectivity index (χ2n) is 22.7. The highest BCUT2D eigenvalue weighted by Gasteiger charge is 2.19. The van der Waals surface area contributed by atoms with Crippen LogP contribution in [0.5, 0.6) is 0 Å². The molecule has 0 saturated heterocycles. The van der Waals surface area contributed by atoms with E-state index in [0.717, 1.165) is 109 Å². The maximum Gasteiger partial charge on any atom is 0.306 e. The van der Waals surface area contributed by atoms with E-state index in [1.54, 1.807) is 0 Å². The van der Waals surface area contributed by atoms with Crippen molar-refractivity contribution < 1.29 is 28.6 Å². The number of unbranched alkanes of at least 4 members (excludes halogenated alkanes) is 37. The van der Waals surface area contributed by atoms with E-state index in [2.05, 4.69) is 106 Å². The summed E-state index contributed by atoms with van der Waals surface area (Å²) in [7, 11) is 0. The maximum atomic E-state index is 12.9. The van der Waals surface area contributed by atoms with Crippen molar-refractivity contribution >= 4 is 17.9 Å². The molecule has 6 heteroatoms. The molecule has 0 spiro atoms. The second-order valence-corrected chi connectivity index (χ2v) is 22.7. The first-order chi connectivity index (χ1) is 39.0. The van der Waals surface area contributed by atoms with Crippen LogP contribution < -0.4 is 0 Å². The van der Waals surface area contributed by atoms with Gasteiger partial charge in [-0.1, -0.05) is 318 Å². The van der Waals surface area contributed by atoms with Crippen LogP contribution in [-0.4, -0.2) is 37.2 Å². The summed E-state index contributed by atoms with van der Waals surface area (Å²) in [5.74, 6) is -0.937. The van der Waals surface area contributed by atoms with Crippen LogP contribution in [-0.2, 0) is 28.6 Å². The summed E-state index contributed by atoms with van der Waals surface area (Å²) >= 11 is 0. The Morgan fingerprint density at radius 2 is 0.519 bits per heavy atom. The average Bonchev–Trinajstić information content (AvgIpc) is 3.45. The molecule has 0 heterocycles. The van der Waals surface area contributed by atoms with Gasteiger partial charge in [0, 0.05) is 19.3 Å². The molecule has 0 saturated carbocycles. The lowest BCUT2D eigenvalue weighted by Crippen LogP contribution is -2.30. The Hall–Kier alpha value is -3.41. The van der Waals surface area contributed by atoms with E-state index in [-0.39, 0.29) is 37.5 Å². The van der Waals surface area contributed by atoms with Gasteiger partial charge in [0.05, 0.1) is 0 Å². The average molecular weight is 1100 g/mol. The largest absolute Gasteiger partial charge is 0.462 e. The van der Waals surface area contributed by atoms with Crippen LogP contribution in [0.15, 0.2) is 85.1 Å². The van der Waals surface area contributed by atoms with Crippen molar-refractivity contribution in [1.82, 2.24) is 0 Å². The third-order valence-corrected chi connectivity index (χ3v) is 14.9. The maximum absolute atomic E-state index is 12.9. The van der Waals surface area contributed by atoms with Gasteiger partial charge in [-0.05, 0) is 89.9 Å². The fraction of sp³-hybridized carbons (Fsp3) is 0.767. The number of hydrogen-bond acceptors (Lipinski definition) is 6. The van der Waals surface area contributed by atoms with Crippen LogP contribution in [0.2, 0.25) is 0 Å². The van der Waals surface area contributed by atoms with E-state index < -0.39 is 6.10 Å². The van der Waals surface area contributed by atoms with Crippen LogP contribution in [0.3, 0.4) is 0 Å². The Bertz CT molecular complexity index is 1500. The first-order valence-corrected chi connectivity index (χ1v) is 34.1. The minimum atomic E-state index is -0.803. The molecule has 0 aliphatic rings. The minimum absolute atomic E-state index is 0.0946. The smallest absolute Gasteiger partial charge is 0.306 e. The summed E-state index contributed by atoms with van der Waals surface area (Å²) in [4.78, 5) is 38.2. The molecule has 0 aromatic carbocycles. The van der Waals surface area contributed by atoms with Crippen molar-refractivity contribution in [1.29, 1.82) is 0 Å². The predicted octanol–water partition coefficient (Wildman–Crippen LogP) is 23.4. The summed E-state index contributed by atoms with van der Waals surface area (Å²) < 4.78 is 16.9. The van der Waals surface area contributed by atoms with Gasteiger partial charge in [-0.15, -0.1) is 0 Å². The highest BCUT2D eigenvalue weighted by molar-refractivity contribution is 5.71. The van der Waals surface area contributed by atoms with Crippen molar-refractivity contribution in [3.63, 3.8) is 0 Å². The van der Waals surface area contributed by atoms with Crippen molar-refractivity contribution in [2.24, 2.45) is 0 Å². The Labute approximate surface area is 490 Å². The summed E-state index contributed by atoms with van der Waals surface area (Å²) in [6, 6.07) is 0. The van der Waals surface area contributed by atoms with Gasteiger partial charge in [-0.25, -0.2) is 0 Å². The van der Waals surface area contributed by atoms with Gasteiger partial charge in [0.25, 0.3) is 0 Å². The molecular weight excluding hydrogens is 973 g/mol. The molecular formula is C73H128O6. The summed E-state index contributed by atoms with van der Waals surface area (Å²) in [6.07, 6.45) is 89.2. The molecule has 79 heavy (non-hydrogen) atoms. The highest BCUT2D eigenvalue weighted by atomic mass is 16.6. The van der Waals surface area contributed by atoms with Gasteiger partial charge >= 0.3 is 17.9 Å². The minimum Gasteiger partial charge on any atom is -0.462 e. The number of carbonyl (C=O) groups excluding carboxylic acids is 3. The molecule has 456 valence electrons. The molecule has 0 aromatic heterocycles. The van der Waals surface area contributed by atoms with Gasteiger partial charge in [-0.2, -0.15) is 0 Å². The Morgan fingerprint density at radius 3 is 0.861 bits per heavy atom. The molecule has 1 atom stereocenters. The molecule has 0 aromatic rings. The lowest BCUT2D eigenvalue weighted by molar-refractivity contribution is -0.167. The normalized spacial score (nSPS) is 12.6. The van der Waals surface area contributed by atoms with E-state index in [9.17, 15) is 14.4 Å². The van der Waals surface area contributed by atoms with E-state index >= 15 is 0 Å². The van der Waals surface area contributed by atoms with Crippen molar-refractivity contribution in [3.8, 4) is 0 Å². The quantitative estimate of drug-likeness (QED) is 0.0261. The third-order valence-electron chi connectivity index (χ3n) is 14.9. The van der Waals surface area contributed by atoms with Gasteiger partial charge in [0.15, 0.2) is 6.10 Å². The molecule has 0 aliphatic carbocycles. The van der Waals surface area contributed by atoms with Gasteiger partial charge in [-0.3, -0.25) is 14.4 Å². The number of carbonyl (C=O) groups is 3. The molecule has 0 radical (unpaired) electrons. The Morgan fingerprint density at radius 1 is 0.266 bits per heavy atom. The summed E-state index contributed by atoms with van der Waals surface area (Å²) in [6.45, 7) is 6.46. The highest BCUT2D eigenvalue weighted by Crippen LogP contribution is 2.18. The molecule has 0 amide bonds. The van der Waals surface area contributed by atoms with E-state index in [0.29, 0.717) is 19.3 Å². The molecule has 0 N–H and O–H groups in total. The van der Waals surface area contributed by atoms with Gasteiger partial charge in [0.2, 0.25) is 0 Å². The van der Waals surface area contributed by atoms with Crippen LogP contribution >= 0.6 is 0 Å². The van der Waals surface area contributed by atoms with Gasteiger partial charge < -0.3 is 14.2 Å². The summed E-state index contributed by atoms with van der Waals surface area (Å²) in [5, 5.41) is 0. The zero-order valence-corrected chi connectivity index (χ0v) is 52.4. The van der Waals surface area contributed by atoms with Crippen molar-refractivity contribution in [3.05, 3.63) is 85.1 Å². The first-order valence-electron chi connectivity index (χ1n) is 34.1. The van der Waals surface area contributed by atoms with E-state index in [1.165, 1.54) is 186 Å². The molecule has 1 unspecified atom stereocenters. The SMILES string of the molecule is CC/C=C\C/C=C\C/C=C\C/C=C\C/C=C\C/C=C\CCCCC(=O)OC(COC(=O)CCCCCCC/C=C\CCC)COC(=O)CCCCCCCCCCCCCCCCCCCCCCCCCCCCCCCC. The van der Waals surface area contributed by atoms with E-state index in [1.807, 2.05) is 0 Å². The first kappa shape index (κ1) is 75.6. The van der Waals surface area contributed by atoms with Crippen molar-refractivity contribution in [2.45, 2.75) is 348 Å². The molecule has 0 fully saturated rings. The lowest BCUT2D eigenvalue weighted by atomic mass is 10.0. The standard InChI is InChI=1S/C73H128O6/c1-4-7-10-13-16-19-22-24-26-28-30-32-33-34-35-36-37-38-39-40-42-43-45-47-49-51-54-57-60-63-66-72(75)78-69-70(68-77-71(74)65-62-59-56-53-21-18-15-12-9-6-3)79-73(76)67-64-61-58-55-52-50-48-46-44-41-31-29-27-25-23-20-17-14-11-8-5-2/h8,11-12,15,17,20,25,27,31,41,46,48,52,55,70H,4-7,9-10,13-14,16,18-19,21-24,26,28-30,32-40,42-45,47,49-51,53-54,56-69H2,1-3H3/b11-8-,15-12-,20-17-,27-25-,41-31-,48-46-,55-52-. The third kappa shape index (κ3) is 65.3.